The van der Waals surface area contributed by atoms with E-state index in [-0.39, 0.29) is 5.91 Å². The minimum Gasteiger partial charge on any atom is -0.355 e. The molecule has 0 aliphatic heterocycles. The van der Waals surface area contributed by atoms with Gasteiger partial charge in [-0.2, -0.15) is 0 Å². The minimum absolute atomic E-state index is 0.0411. The van der Waals surface area contributed by atoms with Crippen LogP contribution in [0.1, 0.15) is 35.3 Å². The Morgan fingerprint density at radius 3 is 2.36 bits per heavy atom. The number of rotatable bonds is 8. The number of aryl methyl sites for hydroxylation is 1. The van der Waals surface area contributed by atoms with Crippen LogP contribution in [-0.4, -0.2) is 37.0 Å². The molecule has 0 radical (unpaired) electrons. The summed E-state index contributed by atoms with van der Waals surface area (Å²) in [5.74, 6) is -0.0411. The monoisotopic (exact) mass is 339 g/mol. The first kappa shape index (κ1) is 19.0. The summed E-state index contributed by atoms with van der Waals surface area (Å²) in [5, 5.41) is 6.44. The maximum absolute atomic E-state index is 12.6. The van der Waals surface area contributed by atoms with Gasteiger partial charge in [-0.3, -0.25) is 4.79 Å². The van der Waals surface area contributed by atoms with E-state index >= 15 is 0 Å². The molecular weight excluding hydrogens is 310 g/mol. The quantitative estimate of drug-likeness (QED) is 0.760. The second kappa shape index (κ2) is 9.23. The SMILES string of the molecule is CCN(CC)CCNC(=O)c1ccccc1Nc1cccc(C)c1C. The fourth-order valence-corrected chi connectivity index (χ4v) is 2.78. The smallest absolute Gasteiger partial charge is 0.253 e. The predicted molar refractivity (Wildman–Crippen MR) is 106 cm³/mol. The van der Waals surface area contributed by atoms with Gasteiger partial charge in [0.2, 0.25) is 0 Å². The van der Waals surface area contributed by atoms with Gasteiger partial charge < -0.3 is 15.5 Å². The summed E-state index contributed by atoms with van der Waals surface area (Å²) < 4.78 is 0. The molecule has 4 heteroatoms. The van der Waals surface area contributed by atoms with Crippen LogP contribution in [0.25, 0.3) is 0 Å². The van der Waals surface area contributed by atoms with Crippen LogP contribution >= 0.6 is 0 Å². The number of para-hydroxylation sites is 1. The second-order valence-electron chi connectivity index (χ2n) is 6.20. The first-order chi connectivity index (χ1) is 12.1. The molecule has 2 rings (SSSR count). The molecule has 1 amide bonds. The van der Waals surface area contributed by atoms with Gasteiger partial charge in [-0.1, -0.05) is 38.1 Å². The molecule has 0 saturated carbocycles. The number of amides is 1. The van der Waals surface area contributed by atoms with Crippen molar-refractivity contribution in [3.05, 3.63) is 59.2 Å². The van der Waals surface area contributed by atoms with Crippen LogP contribution in [-0.2, 0) is 0 Å². The van der Waals surface area contributed by atoms with Gasteiger partial charge in [0.1, 0.15) is 0 Å². The van der Waals surface area contributed by atoms with Gasteiger partial charge in [-0.25, -0.2) is 0 Å². The topological polar surface area (TPSA) is 44.4 Å². The standard InChI is InChI=1S/C21H29N3O/c1-5-24(6-2)15-14-22-21(25)18-11-7-8-12-20(18)23-19-13-9-10-16(3)17(19)4/h7-13,23H,5-6,14-15H2,1-4H3,(H,22,25). The molecule has 134 valence electrons. The Kier molecular flexibility index (Phi) is 7.02. The van der Waals surface area contributed by atoms with Crippen molar-refractivity contribution in [1.29, 1.82) is 0 Å². The Morgan fingerprint density at radius 2 is 1.64 bits per heavy atom. The van der Waals surface area contributed by atoms with Gasteiger partial charge >= 0.3 is 0 Å². The summed E-state index contributed by atoms with van der Waals surface area (Å²) in [7, 11) is 0. The fraction of sp³-hybridized carbons (Fsp3) is 0.381. The average Bonchev–Trinajstić information content (AvgIpc) is 2.63. The summed E-state index contributed by atoms with van der Waals surface area (Å²) in [4.78, 5) is 14.9. The lowest BCUT2D eigenvalue weighted by Gasteiger charge is -2.19. The Morgan fingerprint density at radius 1 is 0.960 bits per heavy atom. The van der Waals surface area contributed by atoms with Crippen molar-refractivity contribution < 1.29 is 4.79 Å². The largest absolute Gasteiger partial charge is 0.355 e. The molecule has 0 heterocycles. The fourth-order valence-electron chi connectivity index (χ4n) is 2.78. The van der Waals surface area contributed by atoms with E-state index in [9.17, 15) is 4.79 Å². The molecule has 0 atom stereocenters. The molecule has 0 saturated heterocycles. The van der Waals surface area contributed by atoms with Gasteiger partial charge in [0.05, 0.1) is 11.3 Å². The molecule has 0 aromatic heterocycles. The van der Waals surface area contributed by atoms with E-state index < -0.39 is 0 Å². The first-order valence-corrected chi connectivity index (χ1v) is 8.99. The summed E-state index contributed by atoms with van der Waals surface area (Å²) in [5.41, 5.74) is 4.95. The number of benzene rings is 2. The van der Waals surface area contributed by atoms with Crippen LogP contribution in [0.5, 0.6) is 0 Å². The zero-order chi connectivity index (χ0) is 18.2. The number of hydrogen-bond acceptors (Lipinski definition) is 3. The van der Waals surface area contributed by atoms with E-state index in [1.807, 2.05) is 36.4 Å². The van der Waals surface area contributed by atoms with Gasteiger partial charge in [0, 0.05) is 18.8 Å². The van der Waals surface area contributed by atoms with E-state index in [2.05, 4.69) is 49.3 Å². The maximum Gasteiger partial charge on any atom is 0.253 e. The highest BCUT2D eigenvalue weighted by molar-refractivity contribution is 6.00. The van der Waals surface area contributed by atoms with Crippen LogP contribution in [0.3, 0.4) is 0 Å². The van der Waals surface area contributed by atoms with Crippen molar-refractivity contribution in [2.24, 2.45) is 0 Å². The number of anilines is 2. The highest BCUT2D eigenvalue weighted by Gasteiger charge is 2.12. The normalized spacial score (nSPS) is 10.8. The molecule has 0 unspecified atom stereocenters. The van der Waals surface area contributed by atoms with Crippen LogP contribution in [0.2, 0.25) is 0 Å². The van der Waals surface area contributed by atoms with E-state index in [1.165, 1.54) is 11.1 Å². The van der Waals surface area contributed by atoms with Gasteiger partial charge in [-0.05, 0) is 56.3 Å². The van der Waals surface area contributed by atoms with Crippen molar-refractivity contribution in [3.63, 3.8) is 0 Å². The van der Waals surface area contributed by atoms with Crippen molar-refractivity contribution in [1.82, 2.24) is 10.2 Å². The van der Waals surface area contributed by atoms with Crippen LogP contribution in [0.15, 0.2) is 42.5 Å². The lowest BCUT2D eigenvalue weighted by atomic mass is 10.1. The Balaban J connectivity index is 2.09. The zero-order valence-corrected chi connectivity index (χ0v) is 15.7. The minimum atomic E-state index is -0.0411. The van der Waals surface area contributed by atoms with E-state index in [1.54, 1.807) is 0 Å². The van der Waals surface area contributed by atoms with Crippen molar-refractivity contribution in [2.75, 3.05) is 31.5 Å². The van der Waals surface area contributed by atoms with Gasteiger partial charge in [-0.15, -0.1) is 0 Å². The molecule has 2 aromatic rings. The number of nitrogens with one attached hydrogen (secondary N) is 2. The van der Waals surface area contributed by atoms with Crippen LogP contribution < -0.4 is 10.6 Å². The average molecular weight is 339 g/mol. The summed E-state index contributed by atoms with van der Waals surface area (Å²) in [6.45, 7) is 12.0. The van der Waals surface area contributed by atoms with Gasteiger partial charge in [0.25, 0.3) is 5.91 Å². The van der Waals surface area contributed by atoms with E-state index in [4.69, 9.17) is 0 Å². The molecule has 4 nitrogen and oxygen atoms in total. The number of hydrogen-bond donors (Lipinski definition) is 2. The van der Waals surface area contributed by atoms with Gasteiger partial charge in [0.15, 0.2) is 0 Å². The number of carbonyl (C=O) groups is 1. The van der Waals surface area contributed by atoms with Crippen LogP contribution in [0.4, 0.5) is 11.4 Å². The molecule has 0 aliphatic rings. The molecule has 0 bridgehead atoms. The highest BCUT2D eigenvalue weighted by atomic mass is 16.1. The first-order valence-electron chi connectivity index (χ1n) is 8.99. The number of nitrogens with zero attached hydrogens (tertiary/aromatic N) is 1. The third kappa shape index (κ3) is 5.07. The summed E-state index contributed by atoms with van der Waals surface area (Å²) >= 11 is 0. The summed E-state index contributed by atoms with van der Waals surface area (Å²) in [6.07, 6.45) is 0. The Labute approximate surface area is 151 Å². The maximum atomic E-state index is 12.6. The molecule has 2 N–H and O–H groups in total. The molecule has 0 aliphatic carbocycles. The second-order valence-corrected chi connectivity index (χ2v) is 6.20. The van der Waals surface area contributed by atoms with E-state index in [0.717, 1.165) is 31.0 Å². The van der Waals surface area contributed by atoms with Crippen molar-refractivity contribution in [2.45, 2.75) is 27.7 Å². The molecule has 0 spiro atoms. The van der Waals surface area contributed by atoms with Crippen LogP contribution in [0, 0.1) is 13.8 Å². The number of carbonyl (C=O) groups excluding carboxylic acids is 1. The predicted octanol–water partition coefficient (Wildman–Crippen LogP) is 4.12. The Hall–Kier alpha value is -2.33. The lowest BCUT2D eigenvalue weighted by molar-refractivity contribution is 0.0950. The highest BCUT2D eigenvalue weighted by Crippen LogP contribution is 2.25. The summed E-state index contributed by atoms with van der Waals surface area (Å²) in [6, 6.07) is 13.8. The molecular formula is C21H29N3O. The van der Waals surface area contributed by atoms with Crippen molar-refractivity contribution >= 4 is 17.3 Å². The lowest BCUT2D eigenvalue weighted by Crippen LogP contribution is -2.35. The number of likely N-dealkylation sites (N-methyl/N-ethyl adjacent to an activating group) is 1. The third-order valence-electron chi connectivity index (χ3n) is 4.65. The van der Waals surface area contributed by atoms with E-state index in [0.29, 0.717) is 12.1 Å². The Bertz CT molecular complexity index is 708. The molecule has 25 heavy (non-hydrogen) atoms. The zero-order valence-electron chi connectivity index (χ0n) is 15.7. The third-order valence-corrected chi connectivity index (χ3v) is 4.65. The molecule has 0 fully saturated rings. The van der Waals surface area contributed by atoms with Crippen molar-refractivity contribution in [3.8, 4) is 0 Å². The molecule has 2 aromatic carbocycles.